The number of aryl methyl sites for hydroxylation is 1. The van der Waals surface area contributed by atoms with Gasteiger partial charge < -0.3 is 25.5 Å². The summed E-state index contributed by atoms with van der Waals surface area (Å²) in [7, 11) is 0. The van der Waals surface area contributed by atoms with Gasteiger partial charge in [-0.1, -0.05) is 18.2 Å². The van der Waals surface area contributed by atoms with Crippen LogP contribution in [0.2, 0.25) is 0 Å². The molecule has 3 aromatic rings. The number of aromatic nitrogens is 3. The van der Waals surface area contributed by atoms with Crippen LogP contribution in [0.4, 0.5) is 5.69 Å². The molecule has 0 saturated carbocycles. The summed E-state index contributed by atoms with van der Waals surface area (Å²) in [5.74, 6) is -1.42. The summed E-state index contributed by atoms with van der Waals surface area (Å²) in [4.78, 5) is 37.8. The quantitative estimate of drug-likeness (QED) is 0.373. The van der Waals surface area contributed by atoms with Gasteiger partial charge in [0.2, 0.25) is 5.88 Å². The van der Waals surface area contributed by atoms with E-state index in [9.17, 15) is 19.8 Å². The van der Waals surface area contributed by atoms with Crippen LogP contribution in [0.15, 0.2) is 42.6 Å². The first-order valence-corrected chi connectivity index (χ1v) is 11.8. The number of piperidine rings is 1. The number of hydrogen-bond acceptors (Lipinski definition) is 8. The van der Waals surface area contributed by atoms with E-state index in [0.717, 1.165) is 43.6 Å². The second kappa shape index (κ2) is 11.0. The minimum atomic E-state index is -1.18. The van der Waals surface area contributed by atoms with Crippen LogP contribution in [0, 0.1) is 12.8 Å². The van der Waals surface area contributed by atoms with E-state index >= 15 is 0 Å². The number of anilines is 1. The van der Waals surface area contributed by atoms with Crippen molar-refractivity contribution in [2.75, 3.05) is 24.5 Å². The topological polar surface area (TPSA) is 149 Å². The fourth-order valence-electron chi connectivity index (χ4n) is 4.35. The van der Waals surface area contributed by atoms with Crippen LogP contribution >= 0.6 is 0 Å². The van der Waals surface area contributed by atoms with Crippen molar-refractivity contribution in [1.82, 2.24) is 20.3 Å². The fraction of sp³-hybridized carbons (Fsp3) is 0.346. The second-order valence-corrected chi connectivity index (χ2v) is 9.00. The van der Waals surface area contributed by atoms with E-state index in [1.165, 1.54) is 5.56 Å². The Morgan fingerprint density at radius 1 is 1.03 bits per heavy atom. The number of hydrogen-bond donors (Lipinski definition) is 4. The Kier molecular flexibility index (Phi) is 7.62. The van der Waals surface area contributed by atoms with Crippen molar-refractivity contribution in [3.05, 3.63) is 70.9 Å². The minimum Gasteiger partial charge on any atom is -0.504 e. The Balaban J connectivity index is 1.33. The number of benzene rings is 1. The van der Waals surface area contributed by atoms with E-state index in [2.05, 4.69) is 49.4 Å². The van der Waals surface area contributed by atoms with Crippen molar-refractivity contribution >= 4 is 17.6 Å². The number of nitrogens with zero attached hydrogens (tertiary/aromatic N) is 4. The first-order valence-electron chi connectivity index (χ1n) is 11.8. The van der Waals surface area contributed by atoms with Crippen LogP contribution < -0.4 is 10.2 Å². The SMILES string of the molecule is Cc1nc(CC2CCN(c3ccc(Cc4ccc(O)nc4)cc3)CC2)nc(C(=O)NCC(=O)O)c1O. The average Bonchev–Trinajstić information content (AvgIpc) is 2.87. The summed E-state index contributed by atoms with van der Waals surface area (Å²) in [6.45, 7) is 2.81. The van der Waals surface area contributed by atoms with Gasteiger partial charge in [0.1, 0.15) is 12.4 Å². The van der Waals surface area contributed by atoms with Crippen LogP contribution in [0.1, 0.15) is 46.0 Å². The molecule has 0 bridgehead atoms. The minimum absolute atomic E-state index is 0.0197. The Bertz CT molecular complexity index is 1220. The largest absolute Gasteiger partial charge is 0.504 e. The standard InChI is InChI=1S/C26H29N5O5/c1-16-25(35)24(26(36)28-15-23(33)34)30-21(29-16)13-18-8-10-31(11-9-18)20-5-2-17(3-6-20)12-19-4-7-22(32)27-14-19/h2-7,14,18,35H,8-13,15H2,1H3,(H,27,32)(H,28,36)(H,33,34). The normalized spacial score (nSPS) is 14.0. The third kappa shape index (κ3) is 6.26. The molecule has 4 N–H and O–H groups in total. The molecule has 1 saturated heterocycles. The van der Waals surface area contributed by atoms with Crippen LogP contribution in [0.3, 0.4) is 0 Å². The number of nitrogens with one attached hydrogen (secondary N) is 1. The lowest BCUT2D eigenvalue weighted by Gasteiger charge is -2.33. The highest BCUT2D eigenvalue weighted by Crippen LogP contribution is 2.27. The van der Waals surface area contributed by atoms with Gasteiger partial charge in [0.05, 0.1) is 5.69 Å². The van der Waals surface area contributed by atoms with E-state index in [4.69, 9.17) is 5.11 Å². The van der Waals surface area contributed by atoms with Crippen molar-refractivity contribution in [2.45, 2.75) is 32.6 Å². The Morgan fingerprint density at radius 2 is 1.72 bits per heavy atom. The molecule has 0 spiro atoms. The average molecular weight is 492 g/mol. The van der Waals surface area contributed by atoms with Crippen molar-refractivity contribution in [2.24, 2.45) is 5.92 Å². The molecule has 0 radical (unpaired) electrons. The summed E-state index contributed by atoms with van der Waals surface area (Å²) < 4.78 is 0. The van der Waals surface area contributed by atoms with Gasteiger partial charge in [-0.25, -0.2) is 15.0 Å². The highest BCUT2D eigenvalue weighted by molar-refractivity contribution is 5.96. The molecule has 188 valence electrons. The molecular formula is C26H29N5O5. The van der Waals surface area contributed by atoms with E-state index in [1.54, 1.807) is 19.2 Å². The number of amides is 1. The molecular weight excluding hydrogens is 462 g/mol. The lowest BCUT2D eigenvalue weighted by Crippen LogP contribution is -2.34. The number of carboxylic acids is 1. The molecule has 3 heterocycles. The molecule has 0 atom stereocenters. The molecule has 2 aromatic heterocycles. The van der Waals surface area contributed by atoms with Crippen molar-refractivity contribution in [1.29, 1.82) is 0 Å². The van der Waals surface area contributed by atoms with Gasteiger partial charge in [0.25, 0.3) is 5.91 Å². The molecule has 0 unspecified atom stereocenters. The molecule has 1 aliphatic rings. The lowest BCUT2D eigenvalue weighted by atomic mass is 9.92. The molecule has 4 rings (SSSR count). The Labute approximate surface area is 208 Å². The predicted octanol–water partition coefficient (Wildman–Crippen LogP) is 2.46. The first kappa shape index (κ1) is 24.9. The molecule has 0 aliphatic carbocycles. The predicted molar refractivity (Wildman–Crippen MR) is 132 cm³/mol. The summed E-state index contributed by atoms with van der Waals surface area (Å²) in [5.41, 5.74) is 3.47. The third-order valence-corrected chi connectivity index (χ3v) is 6.32. The van der Waals surface area contributed by atoms with Gasteiger partial charge in [0.15, 0.2) is 11.4 Å². The smallest absolute Gasteiger partial charge is 0.322 e. The first-order chi connectivity index (χ1) is 17.3. The summed E-state index contributed by atoms with van der Waals surface area (Å²) in [6, 6.07) is 11.9. The van der Waals surface area contributed by atoms with Crippen LogP contribution in [-0.4, -0.2) is 61.8 Å². The maximum absolute atomic E-state index is 12.3. The number of carbonyl (C=O) groups is 2. The number of carbonyl (C=O) groups excluding carboxylic acids is 1. The van der Waals surface area contributed by atoms with Gasteiger partial charge in [-0.3, -0.25) is 9.59 Å². The third-order valence-electron chi connectivity index (χ3n) is 6.32. The highest BCUT2D eigenvalue weighted by Gasteiger charge is 2.23. The maximum Gasteiger partial charge on any atom is 0.322 e. The zero-order valence-corrected chi connectivity index (χ0v) is 20.0. The Hall–Kier alpha value is -4.21. The zero-order valence-electron chi connectivity index (χ0n) is 20.0. The number of pyridine rings is 1. The van der Waals surface area contributed by atoms with Gasteiger partial charge >= 0.3 is 5.97 Å². The molecule has 1 fully saturated rings. The van der Waals surface area contributed by atoms with Crippen LogP contribution in [-0.2, 0) is 17.6 Å². The van der Waals surface area contributed by atoms with Gasteiger partial charge in [0, 0.05) is 37.5 Å². The number of rotatable bonds is 8. The zero-order chi connectivity index (χ0) is 25.7. The number of aliphatic carboxylic acids is 1. The monoisotopic (exact) mass is 491 g/mol. The van der Waals surface area contributed by atoms with Crippen LogP contribution in [0.5, 0.6) is 11.6 Å². The van der Waals surface area contributed by atoms with E-state index in [0.29, 0.717) is 23.9 Å². The van der Waals surface area contributed by atoms with E-state index in [-0.39, 0.29) is 17.3 Å². The Morgan fingerprint density at radius 3 is 2.36 bits per heavy atom. The van der Waals surface area contributed by atoms with Crippen LogP contribution in [0.25, 0.3) is 0 Å². The van der Waals surface area contributed by atoms with Gasteiger partial charge in [-0.05, 0) is 55.4 Å². The fourth-order valence-corrected chi connectivity index (χ4v) is 4.35. The number of carboxylic acid groups (broad SMARTS) is 1. The van der Waals surface area contributed by atoms with Crippen molar-refractivity contribution in [3.63, 3.8) is 0 Å². The van der Waals surface area contributed by atoms with Gasteiger partial charge in [-0.15, -0.1) is 0 Å². The summed E-state index contributed by atoms with van der Waals surface area (Å²) >= 11 is 0. The van der Waals surface area contributed by atoms with E-state index in [1.807, 2.05) is 6.07 Å². The molecule has 10 nitrogen and oxygen atoms in total. The maximum atomic E-state index is 12.3. The summed E-state index contributed by atoms with van der Waals surface area (Å²) in [5, 5.41) is 30.5. The summed E-state index contributed by atoms with van der Waals surface area (Å²) in [6.07, 6.45) is 4.88. The molecule has 1 aliphatic heterocycles. The van der Waals surface area contributed by atoms with Crippen molar-refractivity contribution in [3.8, 4) is 11.6 Å². The lowest BCUT2D eigenvalue weighted by molar-refractivity contribution is -0.135. The van der Waals surface area contributed by atoms with Gasteiger partial charge in [-0.2, -0.15) is 0 Å². The second-order valence-electron chi connectivity index (χ2n) is 9.00. The van der Waals surface area contributed by atoms with E-state index < -0.39 is 18.4 Å². The molecule has 36 heavy (non-hydrogen) atoms. The van der Waals surface area contributed by atoms with Crippen molar-refractivity contribution < 1.29 is 24.9 Å². The molecule has 1 amide bonds. The number of aromatic hydroxyl groups is 2. The molecule has 10 heteroatoms. The highest BCUT2D eigenvalue weighted by atomic mass is 16.4. The molecule has 1 aromatic carbocycles.